The summed E-state index contributed by atoms with van der Waals surface area (Å²) < 4.78 is 0. The molecule has 2 saturated carbocycles. The highest BCUT2D eigenvalue weighted by Crippen LogP contribution is 2.36. The molecule has 4 aliphatic rings. The molecule has 0 aromatic rings. The summed E-state index contributed by atoms with van der Waals surface area (Å²) >= 11 is 7.62. The molecule has 13 heteroatoms. The van der Waals surface area contributed by atoms with E-state index in [1.165, 1.54) is 150 Å². The number of carbonyl (C=O) groups is 5. The van der Waals surface area contributed by atoms with Gasteiger partial charge >= 0.3 is 0 Å². The monoisotopic (exact) mass is 1080 g/mol. The number of likely N-dealkylation sites (tertiary alicyclic amines) is 2. The van der Waals surface area contributed by atoms with Crippen LogP contribution in [0.1, 0.15) is 234 Å². The van der Waals surface area contributed by atoms with Crippen molar-refractivity contribution in [3.8, 4) is 0 Å². The van der Waals surface area contributed by atoms with Crippen molar-refractivity contribution in [2.75, 3.05) is 61.7 Å². The number of imide groups is 1. The predicted octanol–water partition coefficient (Wildman–Crippen LogP) is 15.1. The molecule has 0 aromatic carbocycles. The number of nitrogens with zero attached hydrogens (tertiary/aromatic N) is 2. The van der Waals surface area contributed by atoms with Crippen LogP contribution in [0.3, 0.4) is 0 Å². The smallest absolute Gasteiger partial charge is 0.242 e. The Morgan fingerprint density at radius 1 is 0.472 bits per heavy atom. The lowest BCUT2D eigenvalue weighted by Crippen LogP contribution is -2.38. The van der Waals surface area contributed by atoms with Gasteiger partial charge in [-0.2, -0.15) is 23.5 Å². The fourth-order valence-electron chi connectivity index (χ4n) is 9.97. The average molecular weight is 1080 g/mol. The van der Waals surface area contributed by atoms with Crippen LogP contribution < -0.4 is 10.6 Å². The minimum atomic E-state index is -0.170. The zero-order valence-corrected chi connectivity index (χ0v) is 50.9. The Bertz CT molecular complexity index is 1300. The summed E-state index contributed by atoms with van der Waals surface area (Å²) in [5.74, 6) is 9.04. The van der Waals surface area contributed by atoms with Crippen molar-refractivity contribution in [1.29, 1.82) is 0 Å². The van der Waals surface area contributed by atoms with Crippen LogP contribution in [0.2, 0.25) is 0 Å². The molecule has 2 aliphatic carbocycles. The highest BCUT2D eigenvalue weighted by atomic mass is 32.2. The van der Waals surface area contributed by atoms with Gasteiger partial charge in [-0.3, -0.25) is 28.9 Å². The van der Waals surface area contributed by atoms with E-state index in [1.54, 1.807) is 25.9 Å². The molecule has 72 heavy (non-hydrogen) atoms. The van der Waals surface area contributed by atoms with Crippen molar-refractivity contribution in [3.05, 3.63) is 12.3 Å². The SMILES string of the molecule is C=C1CC(SCCCCCCC)C(=O)N1CC1CCC(C(=O)NC)CC1.CCCCCCCSC1CC(=O)N(CC2CCC(C(=O)NC)CC2)C1=O.CCCCCCCSCC.CCCCCCCSCC. The number of nitrogens with one attached hydrogen (secondary N) is 2. The Kier molecular flexibility index (Phi) is 43.7. The molecule has 5 amide bonds. The van der Waals surface area contributed by atoms with Crippen molar-refractivity contribution < 1.29 is 24.0 Å². The fourth-order valence-corrected chi connectivity index (χ4v) is 13.8. The molecule has 0 spiro atoms. The van der Waals surface area contributed by atoms with E-state index in [4.69, 9.17) is 0 Å². The highest BCUT2D eigenvalue weighted by molar-refractivity contribution is 8.01. The molecule has 9 nitrogen and oxygen atoms in total. The molecule has 0 radical (unpaired) electrons. The van der Waals surface area contributed by atoms with Crippen molar-refractivity contribution in [3.63, 3.8) is 0 Å². The Morgan fingerprint density at radius 3 is 1.17 bits per heavy atom. The van der Waals surface area contributed by atoms with Crippen molar-refractivity contribution in [1.82, 2.24) is 20.4 Å². The first-order valence-corrected chi connectivity index (χ1v) is 34.0. The summed E-state index contributed by atoms with van der Waals surface area (Å²) in [6.07, 6.45) is 35.4. The first-order chi connectivity index (χ1) is 35.0. The van der Waals surface area contributed by atoms with Crippen LogP contribution in [0.4, 0.5) is 0 Å². The molecular formula is C59H110N4O5S4. The van der Waals surface area contributed by atoms with Gasteiger partial charge in [0.2, 0.25) is 29.5 Å². The molecule has 2 N–H and O–H groups in total. The molecular weight excluding hydrogens is 973 g/mol. The van der Waals surface area contributed by atoms with E-state index in [0.29, 0.717) is 24.8 Å². The lowest BCUT2D eigenvalue weighted by atomic mass is 9.81. The van der Waals surface area contributed by atoms with Gasteiger partial charge in [0.05, 0.1) is 10.5 Å². The molecule has 0 bridgehead atoms. The zero-order valence-electron chi connectivity index (χ0n) is 47.6. The second kappa shape index (κ2) is 45.8. The maximum atomic E-state index is 12.8. The van der Waals surface area contributed by atoms with Crippen LogP contribution in [0.15, 0.2) is 12.3 Å². The van der Waals surface area contributed by atoms with E-state index in [9.17, 15) is 24.0 Å². The summed E-state index contributed by atoms with van der Waals surface area (Å²) in [7, 11) is 3.39. The first-order valence-electron chi connectivity index (χ1n) is 29.6. The van der Waals surface area contributed by atoms with Gasteiger partial charge in [-0.25, -0.2) is 0 Å². The molecule has 2 heterocycles. The summed E-state index contributed by atoms with van der Waals surface area (Å²) in [5.41, 5.74) is 0.993. The second-order valence-corrected chi connectivity index (χ2v) is 26.1. The van der Waals surface area contributed by atoms with Gasteiger partial charge < -0.3 is 15.5 Å². The minimum absolute atomic E-state index is 0.00749. The van der Waals surface area contributed by atoms with E-state index in [-0.39, 0.29) is 51.9 Å². The Labute approximate surface area is 460 Å². The summed E-state index contributed by atoms with van der Waals surface area (Å²) in [5, 5.41) is 5.38. The molecule has 0 aromatic heterocycles. The molecule has 2 aliphatic heterocycles. The van der Waals surface area contributed by atoms with Crippen molar-refractivity contribution >= 4 is 76.6 Å². The molecule has 4 rings (SSSR count). The van der Waals surface area contributed by atoms with Gasteiger partial charge in [0.1, 0.15) is 0 Å². The van der Waals surface area contributed by atoms with Gasteiger partial charge in [0.15, 0.2) is 0 Å². The van der Waals surface area contributed by atoms with Gasteiger partial charge in [0, 0.05) is 57.6 Å². The lowest BCUT2D eigenvalue weighted by molar-refractivity contribution is -0.139. The predicted molar refractivity (Wildman–Crippen MR) is 319 cm³/mol. The van der Waals surface area contributed by atoms with Crippen LogP contribution in [0.5, 0.6) is 0 Å². The number of rotatable bonds is 34. The summed E-state index contributed by atoms with van der Waals surface area (Å²) in [6, 6.07) is 0. The zero-order chi connectivity index (χ0) is 53.2. The third-order valence-electron chi connectivity index (χ3n) is 14.7. The molecule has 2 saturated heterocycles. The third kappa shape index (κ3) is 31.0. The minimum Gasteiger partial charge on any atom is -0.359 e. The number of hydrogen-bond donors (Lipinski definition) is 2. The van der Waals surface area contributed by atoms with E-state index in [0.717, 1.165) is 88.0 Å². The summed E-state index contributed by atoms with van der Waals surface area (Å²) in [6.45, 7) is 18.9. The number of hydrogen-bond acceptors (Lipinski definition) is 9. The molecule has 4 fully saturated rings. The highest BCUT2D eigenvalue weighted by Gasteiger charge is 2.40. The largest absolute Gasteiger partial charge is 0.359 e. The van der Waals surface area contributed by atoms with Crippen LogP contribution >= 0.6 is 47.0 Å². The fraction of sp³-hybridized carbons (Fsp3) is 0.881. The van der Waals surface area contributed by atoms with Gasteiger partial charge in [-0.05, 0) is 123 Å². The van der Waals surface area contributed by atoms with Gasteiger partial charge in [0.25, 0.3) is 0 Å². The molecule has 2 atom stereocenters. The Morgan fingerprint density at radius 2 is 0.806 bits per heavy atom. The van der Waals surface area contributed by atoms with Crippen LogP contribution in [0, 0.1) is 23.7 Å². The molecule has 2 unspecified atom stereocenters. The normalized spacial score (nSPS) is 21.9. The average Bonchev–Trinajstić information content (AvgIpc) is 3.82. The quantitative estimate of drug-likeness (QED) is 0.0480. The number of unbranched alkanes of at least 4 members (excludes halogenated alkanes) is 16. The lowest BCUT2D eigenvalue weighted by Gasteiger charge is -2.30. The van der Waals surface area contributed by atoms with Crippen LogP contribution in [0.25, 0.3) is 0 Å². The van der Waals surface area contributed by atoms with E-state index in [1.807, 2.05) is 16.7 Å². The second-order valence-electron chi connectivity index (χ2n) is 20.7. The standard InChI is InChI=1S/C21H36N2O2S.C20H34N2O3S.2C9H20S/c1-4-5-6-7-8-13-26-19-14-16(2)23(21(19)25)15-17-9-11-18(12-10-17)20(24)22-3;1-3-4-5-6-7-12-26-17-13-18(23)22(20(17)25)14-15-8-10-16(11-9-15)19(24)21-2;2*1-3-5-6-7-8-9-10-4-2/h17-19H,2,4-15H2,1,3H3,(H,22,24);15-17H,3-14H2,1-2H3,(H,21,24);2*3-9H2,1-2H3. The van der Waals surface area contributed by atoms with Crippen LogP contribution in [-0.2, 0) is 24.0 Å². The van der Waals surface area contributed by atoms with Gasteiger partial charge in [-0.15, -0.1) is 23.5 Å². The van der Waals surface area contributed by atoms with E-state index < -0.39 is 0 Å². The number of allylic oxidation sites excluding steroid dienone is 1. The summed E-state index contributed by atoms with van der Waals surface area (Å²) in [4.78, 5) is 64.6. The number of thioether (sulfide) groups is 4. The van der Waals surface area contributed by atoms with Crippen molar-refractivity contribution in [2.24, 2.45) is 23.7 Å². The van der Waals surface area contributed by atoms with Crippen LogP contribution in [-0.4, -0.2) is 112 Å². The number of amides is 5. The first kappa shape index (κ1) is 68.7. The van der Waals surface area contributed by atoms with Gasteiger partial charge in [-0.1, -0.05) is 151 Å². The Balaban J connectivity index is 0.000000527. The maximum Gasteiger partial charge on any atom is 0.242 e. The van der Waals surface area contributed by atoms with E-state index >= 15 is 0 Å². The third-order valence-corrected chi connectivity index (χ3v) is 19.2. The topological polar surface area (TPSA) is 116 Å². The van der Waals surface area contributed by atoms with Crippen molar-refractivity contribution in [2.45, 2.75) is 245 Å². The Hall–Kier alpha value is -1.31. The molecule has 420 valence electrons. The maximum absolute atomic E-state index is 12.8. The van der Waals surface area contributed by atoms with E-state index in [2.05, 4.69) is 82.3 Å². The number of carbonyl (C=O) groups excluding carboxylic acids is 5.